The number of hydrogen-bond donors (Lipinski definition) is 3. The Morgan fingerprint density at radius 1 is 1.31 bits per heavy atom. The first-order valence-electron chi connectivity index (χ1n) is 5.06. The van der Waals surface area contributed by atoms with Gasteiger partial charge in [0.2, 0.25) is 12.3 Å². The molecule has 0 saturated heterocycles. The van der Waals surface area contributed by atoms with E-state index in [1.165, 1.54) is 6.92 Å². The van der Waals surface area contributed by atoms with Crippen molar-refractivity contribution in [3.8, 4) is 0 Å². The van der Waals surface area contributed by atoms with Crippen molar-refractivity contribution in [1.82, 2.24) is 10.6 Å². The highest BCUT2D eigenvalue weighted by Crippen LogP contribution is 2.07. The van der Waals surface area contributed by atoms with Gasteiger partial charge in [-0.1, -0.05) is 0 Å². The van der Waals surface area contributed by atoms with Gasteiger partial charge in [0.15, 0.2) is 0 Å². The molecule has 16 heavy (non-hydrogen) atoms. The number of carbonyl (C=O) groups excluding carboxylic acids is 2. The van der Waals surface area contributed by atoms with Crippen LogP contribution in [0.2, 0.25) is 0 Å². The first-order chi connectivity index (χ1) is 7.20. The van der Waals surface area contributed by atoms with Gasteiger partial charge in [-0.2, -0.15) is 0 Å². The van der Waals surface area contributed by atoms with Gasteiger partial charge in [0.05, 0.1) is 18.7 Å². The minimum atomic E-state index is -1.21. The van der Waals surface area contributed by atoms with E-state index in [4.69, 9.17) is 4.74 Å². The van der Waals surface area contributed by atoms with Gasteiger partial charge in [0.1, 0.15) is 5.78 Å². The summed E-state index contributed by atoms with van der Waals surface area (Å²) in [6.45, 7) is 6.63. The number of ether oxygens (including phenoxy) is 1. The molecule has 0 aliphatic heterocycles. The van der Waals surface area contributed by atoms with Gasteiger partial charge in [0, 0.05) is 0 Å². The van der Waals surface area contributed by atoms with E-state index >= 15 is 0 Å². The number of amides is 1. The molecule has 1 atom stereocenters. The maximum absolute atomic E-state index is 11.1. The van der Waals surface area contributed by atoms with Gasteiger partial charge in [0.25, 0.3) is 0 Å². The van der Waals surface area contributed by atoms with Crippen molar-refractivity contribution in [3.05, 3.63) is 0 Å². The van der Waals surface area contributed by atoms with Crippen LogP contribution in [0, 0.1) is 0 Å². The predicted molar refractivity (Wildman–Crippen MR) is 58.5 cm³/mol. The molecule has 0 fully saturated rings. The van der Waals surface area contributed by atoms with Crippen molar-refractivity contribution in [2.75, 3.05) is 13.1 Å². The lowest BCUT2D eigenvalue weighted by Gasteiger charge is -2.24. The van der Waals surface area contributed by atoms with Gasteiger partial charge in [-0.15, -0.1) is 0 Å². The van der Waals surface area contributed by atoms with E-state index in [-0.39, 0.29) is 24.8 Å². The molecule has 0 aliphatic carbocycles. The number of ketones is 1. The van der Waals surface area contributed by atoms with Crippen LogP contribution in [0.15, 0.2) is 0 Å². The van der Waals surface area contributed by atoms with Crippen LogP contribution in [-0.4, -0.2) is 41.9 Å². The molecular weight excluding hydrogens is 212 g/mol. The molecule has 0 radical (unpaired) electrons. The standard InChI is InChI=1S/C10H20N2O4/c1-7(13)5-11-8(14)6-12-9(15)16-10(2,3)4/h9,12,15H,5-6H2,1-4H3,(H,11,14). The first-order valence-corrected chi connectivity index (χ1v) is 5.06. The number of nitrogens with one attached hydrogen (secondary N) is 2. The summed E-state index contributed by atoms with van der Waals surface area (Å²) in [6, 6.07) is 0. The highest BCUT2D eigenvalue weighted by molar-refractivity contribution is 5.85. The minimum Gasteiger partial charge on any atom is -0.356 e. The Hall–Kier alpha value is -0.980. The lowest BCUT2D eigenvalue weighted by atomic mass is 10.2. The van der Waals surface area contributed by atoms with E-state index in [1.54, 1.807) is 20.8 Å². The molecule has 0 heterocycles. The van der Waals surface area contributed by atoms with Crippen molar-refractivity contribution in [3.63, 3.8) is 0 Å². The lowest BCUT2D eigenvalue weighted by molar-refractivity contribution is -0.182. The van der Waals surface area contributed by atoms with Crippen molar-refractivity contribution in [1.29, 1.82) is 0 Å². The molecule has 0 rings (SSSR count). The average Bonchev–Trinajstić information content (AvgIpc) is 2.08. The molecule has 0 aliphatic rings. The Labute approximate surface area is 95.4 Å². The average molecular weight is 232 g/mol. The third-order valence-corrected chi connectivity index (χ3v) is 1.44. The van der Waals surface area contributed by atoms with E-state index < -0.39 is 12.0 Å². The molecule has 0 saturated carbocycles. The number of rotatable bonds is 6. The van der Waals surface area contributed by atoms with Crippen LogP contribution in [0.25, 0.3) is 0 Å². The van der Waals surface area contributed by atoms with Crippen molar-refractivity contribution < 1.29 is 19.4 Å². The van der Waals surface area contributed by atoms with E-state index in [0.717, 1.165) is 0 Å². The quantitative estimate of drug-likeness (QED) is 0.531. The smallest absolute Gasteiger partial charge is 0.234 e. The molecule has 3 N–H and O–H groups in total. The highest BCUT2D eigenvalue weighted by Gasteiger charge is 2.16. The van der Waals surface area contributed by atoms with E-state index in [2.05, 4.69) is 10.6 Å². The van der Waals surface area contributed by atoms with Gasteiger partial charge in [-0.3, -0.25) is 14.9 Å². The lowest BCUT2D eigenvalue weighted by Crippen LogP contribution is -2.44. The van der Waals surface area contributed by atoms with Crippen LogP contribution < -0.4 is 10.6 Å². The zero-order valence-corrected chi connectivity index (χ0v) is 10.2. The predicted octanol–water partition coefficient (Wildman–Crippen LogP) is -0.628. The zero-order valence-electron chi connectivity index (χ0n) is 10.2. The number of Topliss-reactive ketones (excluding diaryl/α,β-unsaturated/α-hetero) is 1. The summed E-state index contributed by atoms with van der Waals surface area (Å²) in [5.41, 5.74) is -0.498. The molecule has 6 nitrogen and oxygen atoms in total. The maximum atomic E-state index is 11.1. The SMILES string of the molecule is CC(=O)CNC(=O)CNC(O)OC(C)(C)C. The van der Waals surface area contributed by atoms with Crippen LogP contribution in [-0.2, 0) is 14.3 Å². The van der Waals surface area contributed by atoms with Crippen molar-refractivity contribution in [2.24, 2.45) is 0 Å². The Bertz CT molecular complexity index is 248. The second-order valence-electron chi connectivity index (χ2n) is 4.44. The molecule has 0 aromatic heterocycles. The van der Waals surface area contributed by atoms with Gasteiger partial charge in [-0.25, -0.2) is 0 Å². The molecule has 1 unspecified atom stereocenters. The fourth-order valence-electron chi connectivity index (χ4n) is 0.842. The number of carbonyl (C=O) groups is 2. The van der Waals surface area contributed by atoms with Gasteiger partial charge in [-0.05, 0) is 27.7 Å². The Morgan fingerprint density at radius 2 is 1.88 bits per heavy atom. The third-order valence-electron chi connectivity index (χ3n) is 1.44. The summed E-state index contributed by atoms with van der Waals surface area (Å²) >= 11 is 0. The van der Waals surface area contributed by atoms with Crippen LogP contribution in [0.4, 0.5) is 0 Å². The molecule has 0 bridgehead atoms. The highest BCUT2D eigenvalue weighted by atomic mass is 16.6. The fourth-order valence-corrected chi connectivity index (χ4v) is 0.842. The summed E-state index contributed by atoms with van der Waals surface area (Å²) in [5, 5.41) is 14.2. The molecule has 0 aromatic rings. The summed E-state index contributed by atoms with van der Waals surface area (Å²) in [4.78, 5) is 21.7. The topological polar surface area (TPSA) is 87.7 Å². The summed E-state index contributed by atoms with van der Waals surface area (Å²) in [7, 11) is 0. The van der Waals surface area contributed by atoms with E-state index in [1.807, 2.05) is 0 Å². The maximum Gasteiger partial charge on any atom is 0.234 e. The normalized spacial score (nSPS) is 13.3. The molecule has 94 valence electrons. The Kier molecular flexibility index (Phi) is 6.17. The summed E-state index contributed by atoms with van der Waals surface area (Å²) < 4.78 is 5.11. The van der Waals surface area contributed by atoms with Crippen LogP contribution in [0.1, 0.15) is 27.7 Å². The minimum absolute atomic E-state index is 0.00324. The largest absolute Gasteiger partial charge is 0.356 e. The molecule has 0 spiro atoms. The Morgan fingerprint density at radius 3 is 2.31 bits per heavy atom. The van der Waals surface area contributed by atoms with Gasteiger partial charge < -0.3 is 15.2 Å². The zero-order chi connectivity index (χ0) is 12.8. The summed E-state index contributed by atoms with van der Waals surface area (Å²) in [6.07, 6.45) is -1.21. The number of hydrogen-bond acceptors (Lipinski definition) is 5. The Balaban J connectivity index is 3.71. The molecular formula is C10H20N2O4. The molecule has 6 heteroatoms. The van der Waals surface area contributed by atoms with Crippen LogP contribution in [0.3, 0.4) is 0 Å². The second kappa shape index (κ2) is 6.57. The monoisotopic (exact) mass is 232 g/mol. The number of aliphatic hydroxyl groups excluding tert-OH is 1. The number of aliphatic hydroxyl groups is 1. The fraction of sp³-hybridized carbons (Fsp3) is 0.800. The van der Waals surface area contributed by atoms with Gasteiger partial charge >= 0.3 is 0 Å². The first kappa shape index (κ1) is 15.0. The van der Waals surface area contributed by atoms with Crippen molar-refractivity contribution >= 4 is 11.7 Å². The van der Waals surface area contributed by atoms with Crippen LogP contribution in [0.5, 0.6) is 0 Å². The van der Waals surface area contributed by atoms with E-state index in [0.29, 0.717) is 0 Å². The van der Waals surface area contributed by atoms with Crippen molar-refractivity contribution in [2.45, 2.75) is 39.7 Å². The van der Waals surface area contributed by atoms with Crippen LogP contribution >= 0.6 is 0 Å². The molecule has 0 aromatic carbocycles. The second-order valence-corrected chi connectivity index (χ2v) is 4.44. The third kappa shape index (κ3) is 9.57. The molecule has 1 amide bonds. The summed E-state index contributed by atoms with van der Waals surface area (Å²) in [5.74, 6) is -0.494. The van der Waals surface area contributed by atoms with E-state index in [9.17, 15) is 14.7 Å².